The smallest absolute Gasteiger partial charge is 0.109 e. The van der Waals surface area contributed by atoms with Gasteiger partial charge in [0.25, 0.3) is 0 Å². The fourth-order valence-corrected chi connectivity index (χ4v) is 13.7. The first kappa shape index (κ1) is 115. The minimum atomic E-state index is 0.502. The van der Waals surface area contributed by atoms with E-state index in [4.69, 9.17) is 13.3 Å². The molecular weight excluding hydrogens is 1330 g/mol. The first-order chi connectivity index (χ1) is 49.0. The van der Waals surface area contributed by atoms with Crippen molar-refractivity contribution < 1.29 is 13.3 Å². The Kier molecular flexibility index (Phi) is 77.8. The van der Waals surface area contributed by atoms with E-state index >= 15 is 0 Å². The van der Waals surface area contributed by atoms with Crippen LogP contribution in [0.5, 0.6) is 0 Å². The number of aromatic nitrogens is 2. The highest BCUT2D eigenvalue weighted by atomic mass is 32.1. The van der Waals surface area contributed by atoms with Gasteiger partial charge in [-0.25, -0.2) is 0 Å². The Morgan fingerprint density at radius 1 is 0.240 bits per heavy atom. The molecule has 0 saturated heterocycles. The second kappa shape index (κ2) is 70.2. The topological polar surface area (TPSA) is 71.0 Å². The summed E-state index contributed by atoms with van der Waals surface area (Å²) in [6.45, 7) is 103. The summed E-state index contributed by atoms with van der Waals surface area (Å²) in [4.78, 5) is 9.68. The summed E-state index contributed by atoms with van der Waals surface area (Å²) in [5.74, 6) is 12.2. The molecule has 0 saturated carbocycles. The summed E-state index contributed by atoms with van der Waals surface area (Å²) in [6.07, 6.45) is 11.4. The average molecular weight is 1500 g/mol. The fourth-order valence-electron chi connectivity index (χ4n) is 10.4. The lowest BCUT2D eigenvalue weighted by atomic mass is 9.95. The Morgan fingerprint density at radius 2 is 0.481 bits per heavy atom. The van der Waals surface area contributed by atoms with Gasteiger partial charge in [0.1, 0.15) is 11.5 Å². The standard InChI is InChI=1S/2C10H17N.3C10H16O.3C10H16S.8C2H6/c2*1-7(2)9-5-6-11-10(9)8(3)4;1-7(2)9-5-11-6-10(9)8(3)4;2*1-7(2)9-5-6-11-10(9)8(3)4;1-7(2)9-5-11-6-10(9)8(3)4;2*1-7(2)9-5-6-11-10(9)8(3)4;8*1-2/h2*5-8,11H,1-4H3;6*5-8H,1-4H3;8*1-2H3. The molecular formula is C96H178N2O3S3. The molecule has 104 heavy (non-hydrogen) atoms. The molecule has 8 heteroatoms. The normalized spacial score (nSPS) is 10.2. The van der Waals surface area contributed by atoms with Gasteiger partial charge in [-0.15, -0.1) is 22.7 Å². The molecule has 0 bridgehead atoms. The van der Waals surface area contributed by atoms with E-state index in [1.54, 1.807) is 22.3 Å². The zero-order chi connectivity index (χ0) is 83.4. The van der Waals surface area contributed by atoms with Crippen molar-refractivity contribution >= 4 is 34.0 Å². The maximum Gasteiger partial charge on any atom is 0.109 e. The maximum absolute atomic E-state index is 5.39. The van der Waals surface area contributed by atoms with Gasteiger partial charge in [-0.2, -0.15) is 11.3 Å². The summed E-state index contributed by atoms with van der Waals surface area (Å²) < 4.78 is 15.9. The number of H-pyrrole nitrogens is 2. The average Bonchev–Trinajstić information content (AvgIpc) is 1.73. The van der Waals surface area contributed by atoms with Gasteiger partial charge in [-0.3, -0.25) is 0 Å². The Morgan fingerprint density at radius 3 is 0.654 bits per heavy atom. The molecule has 5 nitrogen and oxygen atoms in total. The van der Waals surface area contributed by atoms with Crippen LogP contribution < -0.4 is 0 Å². The zero-order valence-electron chi connectivity index (χ0n) is 77.9. The SMILES string of the molecule is CC.CC.CC.CC.CC.CC.CC.CC.CC(C)c1cc[nH]c1C(C)C.CC(C)c1cc[nH]c1C(C)C.CC(C)c1ccoc1C(C)C.CC(C)c1ccoc1C(C)C.CC(C)c1ccsc1C(C)C.CC(C)c1ccsc1C(C)C.CC(C)c1cocc1C(C)C.CC(C)c1cscc1C(C)C. The van der Waals surface area contributed by atoms with Crippen LogP contribution in [0.4, 0.5) is 0 Å². The Hall–Kier alpha value is -4.50. The summed E-state index contributed by atoms with van der Waals surface area (Å²) in [5, 5.41) is 8.95. The van der Waals surface area contributed by atoms with Gasteiger partial charge >= 0.3 is 0 Å². The molecule has 0 aliphatic heterocycles. The van der Waals surface area contributed by atoms with Crippen LogP contribution in [-0.4, -0.2) is 9.97 Å². The molecule has 0 aliphatic carbocycles. The van der Waals surface area contributed by atoms with Crippen molar-refractivity contribution in [3.05, 3.63) is 184 Å². The Bertz CT molecular complexity index is 2200. The van der Waals surface area contributed by atoms with Crippen molar-refractivity contribution in [3.8, 4) is 0 Å². The molecule has 8 rings (SSSR count). The van der Waals surface area contributed by atoms with E-state index in [1.165, 1.54) is 67.0 Å². The first-order valence-corrected chi connectivity index (χ1v) is 44.5. The van der Waals surface area contributed by atoms with Gasteiger partial charge < -0.3 is 23.2 Å². The van der Waals surface area contributed by atoms with Gasteiger partial charge in [0.15, 0.2) is 0 Å². The molecule has 0 aliphatic rings. The van der Waals surface area contributed by atoms with Crippen molar-refractivity contribution in [2.45, 2.75) is 427 Å². The third-order valence-corrected chi connectivity index (χ3v) is 18.7. The molecule has 2 N–H and O–H groups in total. The molecule has 8 aromatic rings. The fraction of sp³-hybridized carbons (Fsp3) is 0.667. The van der Waals surface area contributed by atoms with Crippen LogP contribution in [0, 0.1) is 0 Å². The van der Waals surface area contributed by atoms with Crippen molar-refractivity contribution in [2.24, 2.45) is 0 Å². The van der Waals surface area contributed by atoms with E-state index in [9.17, 15) is 0 Å². The van der Waals surface area contributed by atoms with Crippen molar-refractivity contribution in [2.75, 3.05) is 0 Å². The molecule has 0 spiro atoms. The highest BCUT2D eigenvalue weighted by Crippen LogP contribution is 2.34. The van der Waals surface area contributed by atoms with E-state index in [-0.39, 0.29) is 0 Å². The second-order valence-corrected chi connectivity index (χ2v) is 31.3. The van der Waals surface area contributed by atoms with Crippen LogP contribution >= 0.6 is 34.0 Å². The lowest BCUT2D eigenvalue weighted by Gasteiger charge is -2.09. The summed E-state index contributed by atoms with van der Waals surface area (Å²) >= 11 is 5.59. The number of thiophene rings is 3. The molecule has 608 valence electrons. The van der Waals surface area contributed by atoms with E-state index in [1.807, 2.05) is 170 Å². The monoisotopic (exact) mass is 1500 g/mol. The molecule has 0 unspecified atom stereocenters. The van der Waals surface area contributed by atoms with Crippen LogP contribution in [0.2, 0.25) is 0 Å². The zero-order valence-corrected chi connectivity index (χ0v) is 80.4. The van der Waals surface area contributed by atoms with Crippen LogP contribution in [0.3, 0.4) is 0 Å². The number of nitrogens with one attached hydrogen (secondary N) is 2. The van der Waals surface area contributed by atoms with Crippen molar-refractivity contribution in [3.63, 3.8) is 0 Å². The first-order valence-electron chi connectivity index (χ1n) is 41.8. The highest BCUT2D eigenvalue weighted by molar-refractivity contribution is 7.10. The lowest BCUT2D eigenvalue weighted by molar-refractivity contribution is 0.479. The Labute approximate surface area is 663 Å². The molecule has 0 amide bonds. The van der Waals surface area contributed by atoms with Crippen molar-refractivity contribution in [1.82, 2.24) is 9.97 Å². The van der Waals surface area contributed by atoms with E-state index in [2.05, 4.69) is 289 Å². The molecule has 0 radical (unpaired) electrons. The number of hydrogen-bond donors (Lipinski definition) is 2. The Balaban J connectivity index is -0.000000164. The largest absolute Gasteiger partial charge is 0.472 e. The van der Waals surface area contributed by atoms with E-state index in [0.717, 1.165) is 11.5 Å². The van der Waals surface area contributed by atoms with Crippen LogP contribution in [0.15, 0.2) is 109 Å². The molecule has 0 aromatic carbocycles. The predicted octanol–water partition coefficient (Wildman–Crippen LogP) is 37.3. The molecule has 0 atom stereocenters. The molecule has 8 heterocycles. The van der Waals surface area contributed by atoms with Gasteiger partial charge in [0, 0.05) is 45.4 Å². The van der Waals surface area contributed by atoms with Crippen LogP contribution in [-0.2, 0) is 0 Å². The quantitative estimate of drug-likeness (QED) is 0.101. The molecule has 0 fully saturated rings. The van der Waals surface area contributed by atoms with Gasteiger partial charge in [0.05, 0.1) is 25.1 Å². The van der Waals surface area contributed by atoms with Gasteiger partial charge in [0.2, 0.25) is 0 Å². The summed E-state index contributed by atoms with van der Waals surface area (Å²) in [5.41, 5.74) is 17.2. The van der Waals surface area contributed by atoms with Gasteiger partial charge in [-0.1, -0.05) is 332 Å². The van der Waals surface area contributed by atoms with Crippen LogP contribution in [0.1, 0.15) is 515 Å². The minimum Gasteiger partial charge on any atom is -0.472 e. The lowest BCUT2D eigenvalue weighted by Crippen LogP contribution is -1.95. The minimum absolute atomic E-state index is 0.502. The third kappa shape index (κ3) is 46.7. The molecule has 8 aromatic heterocycles. The van der Waals surface area contributed by atoms with E-state index in [0.29, 0.717) is 94.7 Å². The second-order valence-electron chi connectivity index (χ2n) is 28.7. The highest BCUT2D eigenvalue weighted by Gasteiger charge is 2.17. The summed E-state index contributed by atoms with van der Waals surface area (Å²) in [6, 6.07) is 13.0. The number of hydrogen-bond acceptors (Lipinski definition) is 6. The predicted molar refractivity (Wildman–Crippen MR) is 487 cm³/mol. The van der Waals surface area contributed by atoms with Crippen LogP contribution in [0.25, 0.3) is 0 Å². The van der Waals surface area contributed by atoms with Crippen molar-refractivity contribution in [1.29, 1.82) is 0 Å². The van der Waals surface area contributed by atoms with E-state index < -0.39 is 0 Å². The van der Waals surface area contributed by atoms with Gasteiger partial charge in [-0.05, 0) is 196 Å². The summed E-state index contributed by atoms with van der Waals surface area (Å²) in [7, 11) is 0. The maximum atomic E-state index is 5.39. The third-order valence-electron chi connectivity index (χ3n) is 15.5. The number of furan rings is 3. The number of rotatable bonds is 16. The number of aromatic amines is 2.